The molecule has 0 atom stereocenters. The Morgan fingerprint density at radius 2 is 0.886 bits per heavy atom. The second-order valence-electron chi connectivity index (χ2n) is 16.6. The zero-order valence-corrected chi connectivity index (χ0v) is 32.1. The first-order valence-corrected chi connectivity index (χ1v) is 15.5. The van der Waals surface area contributed by atoms with Crippen molar-refractivity contribution in [2.45, 2.75) is 138 Å². The number of hydrogen-bond donors (Lipinski definition) is 0. The average Bonchev–Trinajstić information content (AvgIpc) is 2.76. The first-order chi connectivity index (χ1) is 18.7. The minimum absolute atomic E-state index is 0. The molecule has 0 spiro atoms. The molecule has 253 valence electrons. The summed E-state index contributed by atoms with van der Waals surface area (Å²) in [6, 6.07) is 8.41. The topological polar surface area (TPSA) is 104 Å². The van der Waals surface area contributed by atoms with E-state index >= 15 is 0 Å². The summed E-state index contributed by atoms with van der Waals surface area (Å²) in [4.78, 5) is 4.44. The number of benzene rings is 2. The van der Waals surface area contributed by atoms with Crippen molar-refractivity contribution in [2.75, 3.05) is 27.2 Å². The monoisotopic (exact) mass is 648 g/mol. The Morgan fingerprint density at radius 3 is 1.11 bits per heavy atom. The normalized spacial score (nSPS) is 12.5. The van der Waals surface area contributed by atoms with Gasteiger partial charge in [-0.2, -0.15) is 0 Å². The summed E-state index contributed by atoms with van der Waals surface area (Å²) in [6.07, 6.45) is -0.417. The molecule has 0 saturated carbocycles. The quantitative estimate of drug-likeness (QED) is 0.355. The van der Waals surface area contributed by atoms with Gasteiger partial charge in [0.15, 0.2) is 0 Å². The third-order valence-electron chi connectivity index (χ3n) is 7.33. The summed E-state index contributed by atoms with van der Waals surface area (Å²) in [7, 11) is 4.12. The molecule has 2 rings (SSSR count). The Bertz CT molecular complexity index is 1080. The molecule has 44 heavy (non-hydrogen) atoms. The third kappa shape index (κ3) is 13.8. The van der Waals surface area contributed by atoms with E-state index in [4.69, 9.17) is 0 Å². The van der Waals surface area contributed by atoms with E-state index in [2.05, 4.69) is 131 Å². The molecule has 6 nitrogen and oxygen atoms in total. The molecule has 0 aliphatic carbocycles. The van der Waals surface area contributed by atoms with Crippen LogP contribution in [0.15, 0.2) is 24.3 Å². The van der Waals surface area contributed by atoms with Gasteiger partial charge in [-0.15, -0.1) is 17.6 Å². The molecule has 0 heterocycles. The molecule has 2 aromatic rings. The molecule has 2 aromatic carbocycles. The number of rotatable bonds is 7. The number of likely N-dealkylation sites (N-methyl/N-ethyl adjacent to an activating group) is 1. The van der Waals surface area contributed by atoms with Crippen LogP contribution in [-0.2, 0) is 58.8 Å². The molecule has 0 N–H and O–H groups in total. The van der Waals surface area contributed by atoms with Crippen LogP contribution in [0.2, 0.25) is 0 Å². The summed E-state index contributed by atoms with van der Waals surface area (Å²) in [5.41, 5.74) is 5.09. The van der Waals surface area contributed by atoms with Crippen LogP contribution >= 0.6 is 0 Å². The zero-order valence-electron chi connectivity index (χ0n) is 30.7. The van der Waals surface area contributed by atoms with Crippen molar-refractivity contribution in [1.29, 1.82) is 0 Å². The summed E-state index contributed by atoms with van der Waals surface area (Å²) in [5.74, 6) is 0.253. The Balaban J connectivity index is 0. The zero-order chi connectivity index (χ0) is 33.0. The Kier molecular flexibility index (Phi) is 17.1. The van der Waals surface area contributed by atoms with Crippen LogP contribution in [0.25, 0.3) is 0 Å². The Hall–Kier alpha value is -1.54. The summed E-state index contributed by atoms with van der Waals surface area (Å²) >= 11 is 0. The second kappa shape index (κ2) is 16.9. The minimum Gasteiger partial charge on any atom is -2.00 e. The van der Waals surface area contributed by atoms with Crippen molar-refractivity contribution in [3.63, 3.8) is 0 Å². The van der Waals surface area contributed by atoms with Gasteiger partial charge < -0.3 is 25.7 Å². The minimum atomic E-state index is -0.417. The molecule has 7 heteroatoms. The fourth-order valence-corrected chi connectivity index (χ4v) is 4.63. The second-order valence-corrected chi connectivity index (χ2v) is 16.6. The predicted octanol–water partition coefficient (Wildman–Crippen LogP) is 6.22. The molecule has 1 radical (unpaired) electrons. The first kappa shape index (κ1) is 44.6. The van der Waals surface area contributed by atoms with Gasteiger partial charge in [0.25, 0.3) is 0 Å². The first-order valence-electron chi connectivity index (χ1n) is 15.5. The smallest absolute Gasteiger partial charge is 0.0231 e. The van der Waals surface area contributed by atoms with Gasteiger partial charge in [0.05, 0.1) is 0 Å². The van der Waals surface area contributed by atoms with Crippen molar-refractivity contribution in [3.8, 4) is 11.5 Å². The standard InChI is InChI=1S/C34H56N2O2.C3H7O.O.V/c1-31(2,3)25-17-23(29(37)27(19-25)33(7,8)9)21-36(16-15-35(13)14)22-24-18-26(32(4,5)6)20-28(30(24)38)34(10,11)12;1-3(2)4;;/h17-20,37-38H,15-16,21-22H2,1-14H3;3H,1-2H3;;/q;-1;-2;/p-2. The molecule has 0 unspecified atom stereocenters. The van der Waals surface area contributed by atoms with E-state index in [1.54, 1.807) is 13.8 Å². The van der Waals surface area contributed by atoms with Crippen LogP contribution in [0.5, 0.6) is 11.5 Å². The largest absolute Gasteiger partial charge is 2.00 e. The molecule has 0 bridgehead atoms. The van der Waals surface area contributed by atoms with Gasteiger partial charge >= 0.3 is 0 Å². The Morgan fingerprint density at radius 1 is 0.591 bits per heavy atom. The van der Waals surface area contributed by atoms with Crippen molar-refractivity contribution < 1.29 is 39.4 Å². The molecular formula is C37H61N2O4V-5. The van der Waals surface area contributed by atoms with Gasteiger partial charge in [-0.05, 0) is 69.1 Å². The van der Waals surface area contributed by atoms with Crippen LogP contribution in [0.4, 0.5) is 0 Å². The van der Waals surface area contributed by atoms with Crippen LogP contribution in [0.3, 0.4) is 0 Å². The molecule has 0 saturated heterocycles. The van der Waals surface area contributed by atoms with Gasteiger partial charge in [0, 0.05) is 44.7 Å². The van der Waals surface area contributed by atoms with Gasteiger partial charge in [-0.25, -0.2) is 0 Å². The third-order valence-corrected chi connectivity index (χ3v) is 7.33. The number of nitrogens with zero attached hydrogens (tertiary/aromatic N) is 2. The van der Waals surface area contributed by atoms with Crippen molar-refractivity contribution in [3.05, 3.63) is 57.6 Å². The fraction of sp³-hybridized carbons (Fsp3) is 0.676. The van der Waals surface area contributed by atoms with E-state index in [-0.39, 0.29) is 57.2 Å². The Labute approximate surface area is 282 Å². The molecular weight excluding hydrogens is 587 g/mol. The van der Waals surface area contributed by atoms with Gasteiger partial charge in [0.2, 0.25) is 0 Å². The van der Waals surface area contributed by atoms with Crippen LogP contribution in [-0.4, -0.2) is 43.1 Å². The van der Waals surface area contributed by atoms with E-state index < -0.39 is 6.10 Å². The van der Waals surface area contributed by atoms with Crippen LogP contribution in [0, 0.1) is 0 Å². The van der Waals surface area contributed by atoms with Gasteiger partial charge in [-0.3, -0.25) is 4.90 Å². The maximum atomic E-state index is 13.8. The maximum Gasteiger partial charge on any atom is 0.0231 e. The summed E-state index contributed by atoms with van der Waals surface area (Å²) < 4.78 is 0. The van der Waals surface area contributed by atoms with Crippen LogP contribution in [0.1, 0.15) is 130 Å². The number of hydrogen-bond acceptors (Lipinski definition) is 5. The predicted molar refractivity (Wildman–Crippen MR) is 175 cm³/mol. The van der Waals surface area contributed by atoms with E-state index in [0.29, 0.717) is 13.1 Å². The maximum absolute atomic E-state index is 13.8. The van der Waals surface area contributed by atoms with Crippen molar-refractivity contribution in [1.82, 2.24) is 9.80 Å². The fourth-order valence-electron chi connectivity index (χ4n) is 4.63. The average molecular weight is 649 g/mol. The van der Waals surface area contributed by atoms with E-state index in [9.17, 15) is 15.3 Å². The van der Waals surface area contributed by atoms with E-state index in [1.807, 2.05) is 0 Å². The van der Waals surface area contributed by atoms with Gasteiger partial charge in [0.1, 0.15) is 0 Å². The summed E-state index contributed by atoms with van der Waals surface area (Å²) in [5, 5.41) is 37.0. The van der Waals surface area contributed by atoms with Crippen molar-refractivity contribution >= 4 is 0 Å². The molecule has 0 aromatic heterocycles. The van der Waals surface area contributed by atoms with Crippen LogP contribution < -0.4 is 15.3 Å². The SMILES string of the molecule is CC(C)[O-].CN(C)CCN(Cc1cc(C(C)(C)C)cc(C(C)(C)C)c1[O-])Cc1cc(C(C)(C)C)cc(C(C)(C)C)c1[O-].[O-2].[V]. The van der Waals surface area contributed by atoms with Crippen molar-refractivity contribution in [2.24, 2.45) is 0 Å². The molecule has 0 fully saturated rings. The molecule has 0 amide bonds. The summed E-state index contributed by atoms with van der Waals surface area (Å²) in [6.45, 7) is 31.7. The van der Waals surface area contributed by atoms with E-state index in [0.717, 1.165) is 35.3 Å². The molecule has 0 aliphatic heterocycles. The van der Waals surface area contributed by atoms with E-state index in [1.165, 1.54) is 11.1 Å². The molecule has 0 aliphatic rings. The van der Waals surface area contributed by atoms with Gasteiger partial charge in [-0.1, -0.05) is 121 Å².